The van der Waals surface area contributed by atoms with Crippen molar-refractivity contribution in [3.63, 3.8) is 0 Å². The predicted molar refractivity (Wildman–Crippen MR) is 131 cm³/mol. The fourth-order valence-corrected chi connectivity index (χ4v) is 3.27. The summed E-state index contributed by atoms with van der Waals surface area (Å²) < 4.78 is 11.0. The Kier molecular flexibility index (Phi) is 7.38. The number of carbonyl (C=O) groups is 2. The molecule has 0 aromatic heterocycles. The lowest BCUT2D eigenvalue weighted by Gasteiger charge is -2.20. The molecule has 0 saturated heterocycles. The molecule has 0 heterocycles. The van der Waals surface area contributed by atoms with Crippen molar-refractivity contribution in [2.75, 3.05) is 24.4 Å². The van der Waals surface area contributed by atoms with Crippen LogP contribution in [0.4, 0.5) is 11.4 Å². The minimum Gasteiger partial charge on any atom is -0.495 e. The van der Waals surface area contributed by atoms with E-state index in [2.05, 4.69) is 37.5 Å². The topological polar surface area (TPSA) is 76.7 Å². The standard InChI is InChI=1S/C27H30N2O4/c1-18-16-20(27(2,3)4)12-15-23(18)33-17-25(30)28-21-13-10-19(11-14-21)26(31)29-22-8-6-7-9-24(22)32-5/h6-16H,17H2,1-5H3,(H,28,30)(H,29,31). The van der Waals surface area contributed by atoms with Gasteiger partial charge in [0.2, 0.25) is 0 Å². The van der Waals surface area contributed by atoms with Gasteiger partial charge in [-0.3, -0.25) is 9.59 Å². The molecule has 0 aliphatic carbocycles. The molecular formula is C27H30N2O4. The lowest BCUT2D eigenvalue weighted by molar-refractivity contribution is -0.118. The number of carbonyl (C=O) groups excluding carboxylic acids is 2. The second-order valence-corrected chi connectivity index (χ2v) is 8.80. The highest BCUT2D eigenvalue weighted by Gasteiger charge is 2.15. The maximum absolute atomic E-state index is 12.5. The Balaban J connectivity index is 1.55. The minimum absolute atomic E-state index is 0.0525. The molecule has 3 aromatic rings. The van der Waals surface area contributed by atoms with Gasteiger partial charge in [-0.15, -0.1) is 0 Å². The Labute approximate surface area is 194 Å². The largest absolute Gasteiger partial charge is 0.495 e. The third-order valence-corrected chi connectivity index (χ3v) is 5.19. The van der Waals surface area contributed by atoms with E-state index in [1.54, 1.807) is 43.5 Å². The van der Waals surface area contributed by atoms with Crippen molar-refractivity contribution < 1.29 is 19.1 Å². The van der Waals surface area contributed by atoms with Crippen LogP contribution in [0.3, 0.4) is 0 Å². The number of nitrogens with one attached hydrogen (secondary N) is 2. The summed E-state index contributed by atoms with van der Waals surface area (Å²) in [7, 11) is 1.55. The zero-order valence-electron chi connectivity index (χ0n) is 19.7. The highest BCUT2D eigenvalue weighted by Crippen LogP contribution is 2.27. The fourth-order valence-electron chi connectivity index (χ4n) is 3.27. The molecule has 3 aromatic carbocycles. The second-order valence-electron chi connectivity index (χ2n) is 8.80. The smallest absolute Gasteiger partial charge is 0.262 e. The van der Waals surface area contributed by atoms with Crippen LogP contribution in [0.1, 0.15) is 42.3 Å². The molecule has 0 bridgehead atoms. The van der Waals surface area contributed by atoms with Crippen LogP contribution >= 0.6 is 0 Å². The maximum Gasteiger partial charge on any atom is 0.262 e. The number of methoxy groups -OCH3 is 1. The molecule has 33 heavy (non-hydrogen) atoms. The molecule has 6 nitrogen and oxygen atoms in total. The number of rotatable bonds is 7. The molecule has 6 heteroatoms. The number of para-hydroxylation sites is 2. The summed E-state index contributed by atoms with van der Waals surface area (Å²) in [6, 6.07) is 19.9. The number of amides is 2. The Morgan fingerprint density at radius 3 is 2.21 bits per heavy atom. The number of aryl methyl sites for hydroxylation is 1. The van der Waals surface area contributed by atoms with Gasteiger partial charge in [-0.05, 0) is 65.9 Å². The van der Waals surface area contributed by atoms with Gasteiger partial charge in [-0.2, -0.15) is 0 Å². The maximum atomic E-state index is 12.5. The molecule has 0 spiro atoms. The van der Waals surface area contributed by atoms with E-state index >= 15 is 0 Å². The van der Waals surface area contributed by atoms with Crippen LogP contribution in [-0.2, 0) is 10.2 Å². The lowest BCUT2D eigenvalue weighted by Crippen LogP contribution is -2.20. The number of hydrogen-bond acceptors (Lipinski definition) is 4. The number of benzene rings is 3. The zero-order valence-corrected chi connectivity index (χ0v) is 19.7. The molecule has 0 unspecified atom stereocenters. The molecule has 0 saturated carbocycles. The molecule has 2 amide bonds. The van der Waals surface area contributed by atoms with Crippen LogP contribution in [-0.4, -0.2) is 25.5 Å². The van der Waals surface area contributed by atoms with E-state index in [-0.39, 0.29) is 23.8 Å². The summed E-state index contributed by atoms with van der Waals surface area (Å²) in [4.78, 5) is 24.8. The molecule has 2 N–H and O–H groups in total. The van der Waals surface area contributed by atoms with Gasteiger partial charge in [0.15, 0.2) is 6.61 Å². The predicted octanol–water partition coefficient (Wildman–Crippen LogP) is 5.57. The van der Waals surface area contributed by atoms with E-state index in [1.165, 1.54) is 5.56 Å². The van der Waals surface area contributed by atoms with E-state index in [0.29, 0.717) is 28.4 Å². The Morgan fingerprint density at radius 2 is 1.58 bits per heavy atom. The molecule has 0 radical (unpaired) electrons. The van der Waals surface area contributed by atoms with Crippen LogP contribution < -0.4 is 20.1 Å². The average molecular weight is 447 g/mol. The van der Waals surface area contributed by atoms with Gasteiger partial charge in [-0.25, -0.2) is 0 Å². The summed E-state index contributed by atoms with van der Waals surface area (Å²) in [5, 5.41) is 5.61. The monoisotopic (exact) mass is 446 g/mol. The van der Waals surface area contributed by atoms with Crippen LogP contribution in [0, 0.1) is 6.92 Å². The normalized spacial score (nSPS) is 10.9. The Hall–Kier alpha value is -3.80. The molecule has 0 aliphatic heterocycles. The Bertz CT molecular complexity index is 1130. The van der Waals surface area contributed by atoms with E-state index < -0.39 is 0 Å². The average Bonchev–Trinajstić information content (AvgIpc) is 2.78. The lowest BCUT2D eigenvalue weighted by atomic mass is 9.86. The van der Waals surface area contributed by atoms with Crippen LogP contribution in [0.15, 0.2) is 66.7 Å². The highest BCUT2D eigenvalue weighted by molar-refractivity contribution is 6.05. The quantitative estimate of drug-likeness (QED) is 0.497. The number of ether oxygens (including phenoxy) is 2. The van der Waals surface area contributed by atoms with E-state index in [4.69, 9.17) is 9.47 Å². The van der Waals surface area contributed by atoms with Crippen molar-refractivity contribution in [3.05, 3.63) is 83.4 Å². The molecule has 172 valence electrons. The van der Waals surface area contributed by atoms with Crippen LogP contribution in [0.2, 0.25) is 0 Å². The summed E-state index contributed by atoms with van der Waals surface area (Å²) in [5.74, 6) is 0.718. The molecule has 0 fully saturated rings. The Morgan fingerprint density at radius 1 is 0.879 bits per heavy atom. The van der Waals surface area contributed by atoms with Gasteiger partial charge in [0.05, 0.1) is 12.8 Å². The number of anilines is 2. The third-order valence-electron chi connectivity index (χ3n) is 5.19. The minimum atomic E-state index is -0.277. The van der Waals surface area contributed by atoms with Gasteiger partial charge in [0.25, 0.3) is 11.8 Å². The SMILES string of the molecule is COc1ccccc1NC(=O)c1ccc(NC(=O)COc2ccc(C(C)(C)C)cc2C)cc1. The molecule has 3 rings (SSSR count). The first-order valence-electron chi connectivity index (χ1n) is 10.8. The van der Waals surface area contributed by atoms with Crippen molar-refractivity contribution in [1.29, 1.82) is 0 Å². The third kappa shape index (κ3) is 6.35. The molecule has 0 atom stereocenters. The summed E-state index contributed by atoms with van der Waals surface area (Å²) >= 11 is 0. The molecular weight excluding hydrogens is 416 g/mol. The first-order chi connectivity index (χ1) is 15.7. The fraction of sp³-hybridized carbons (Fsp3) is 0.259. The van der Waals surface area contributed by atoms with Crippen LogP contribution in [0.5, 0.6) is 11.5 Å². The van der Waals surface area contributed by atoms with Crippen molar-refractivity contribution in [3.8, 4) is 11.5 Å². The van der Waals surface area contributed by atoms with Crippen molar-refractivity contribution in [1.82, 2.24) is 0 Å². The second kappa shape index (κ2) is 10.2. The summed E-state index contributed by atoms with van der Waals surface area (Å²) in [6.07, 6.45) is 0. The van der Waals surface area contributed by atoms with Crippen molar-refractivity contribution in [2.45, 2.75) is 33.1 Å². The molecule has 0 aliphatic rings. The van der Waals surface area contributed by atoms with Crippen molar-refractivity contribution >= 4 is 23.2 Å². The van der Waals surface area contributed by atoms with Crippen LogP contribution in [0.25, 0.3) is 0 Å². The first kappa shape index (κ1) is 23.9. The van der Waals surface area contributed by atoms with Gasteiger partial charge in [0, 0.05) is 11.3 Å². The summed E-state index contributed by atoms with van der Waals surface area (Å²) in [6.45, 7) is 8.33. The number of hydrogen-bond donors (Lipinski definition) is 2. The summed E-state index contributed by atoms with van der Waals surface area (Å²) in [5.41, 5.74) is 3.89. The van der Waals surface area contributed by atoms with E-state index in [1.807, 2.05) is 31.2 Å². The van der Waals surface area contributed by atoms with Gasteiger partial charge in [0.1, 0.15) is 11.5 Å². The van der Waals surface area contributed by atoms with Crippen molar-refractivity contribution in [2.24, 2.45) is 0 Å². The highest BCUT2D eigenvalue weighted by atomic mass is 16.5. The van der Waals surface area contributed by atoms with Gasteiger partial charge in [-0.1, -0.05) is 45.0 Å². The zero-order chi connectivity index (χ0) is 24.0. The first-order valence-corrected chi connectivity index (χ1v) is 10.8. The van der Waals surface area contributed by atoms with E-state index in [0.717, 1.165) is 5.56 Å². The van der Waals surface area contributed by atoms with Gasteiger partial charge >= 0.3 is 0 Å². The van der Waals surface area contributed by atoms with E-state index in [9.17, 15) is 9.59 Å². The van der Waals surface area contributed by atoms with Gasteiger partial charge < -0.3 is 20.1 Å².